The molecule has 0 saturated heterocycles. The van der Waals surface area contributed by atoms with Crippen molar-refractivity contribution < 1.29 is 14.3 Å². The van der Waals surface area contributed by atoms with Gasteiger partial charge in [0.2, 0.25) is 0 Å². The minimum Gasteiger partial charge on any atom is -0.493 e. The molecule has 0 saturated carbocycles. The molecule has 0 atom stereocenters. The van der Waals surface area contributed by atoms with E-state index in [4.69, 9.17) is 9.47 Å². The van der Waals surface area contributed by atoms with Gasteiger partial charge in [0.25, 0.3) is 5.91 Å². The van der Waals surface area contributed by atoms with Gasteiger partial charge in [-0.15, -0.1) is 11.3 Å². The number of carbonyl (C=O) groups is 1. The first-order valence-electron chi connectivity index (χ1n) is 6.08. The molecule has 1 N–H and O–H groups in total. The van der Waals surface area contributed by atoms with Gasteiger partial charge in [-0.1, -0.05) is 0 Å². The van der Waals surface area contributed by atoms with Crippen LogP contribution in [0.15, 0.2) is 23.6 Å². The van der Waals surface area contributed by atoms with Crippen molar-refractivity contribution in [3.63, 3.8) is 0 Å². The Hall–Kier alpha value is -2.08. The van der Waals surface area contributed by atoms with Gasteiger partial charge < -0.3 is 14.8 Å². The van der Waals surface area contributed by atoms with Crippen molar-refractivity contribution in [2.24, 2.45) is 0 Å². The van der Waals surface area contributed by atoms with E-state index < -0.39 is 0 Å². The van der Waals surface area contributed by atoms with E-state index in [0.717, 1.165) is 10.7 Å². The first kappa shape index (κ1) is 14.3. The second-order valence-corrected chi connectivity index (χ2v) is 5.15. The molecule has 1 heterocycles. The van der Waals surface area contributed by atoms with Crippen molar-refractivity contribution in [3.05, 3.63) is 39.8 Å². The molecule has 0 spiro atoms. The smallest absolute Gasteiger partial charge is 0.251 e. The number of amides is 1. The van der Waals surface area contributed by atoms with Crippen molar-refractivity contribution in [1.82, 2.24) is 10.3 Å². The van der Waals surface area contributed by atoms with E-state index in [1.165, 1.54) is 0 Å². The number of hydrogen-bond acceptors (Lipinski definition) is 5. The molecule has 5 nitrogen and oxygen atoms in total. The fourth-order valence-electron chi connectivity index (χ4n) is 1.70. The molecule has 0 aliphatic heterocycles. The number of aryl methyl sites for hydroxylation is 1. The molecule has 0 fully saturated rings. The summed E-state index contributed by atoms with van der Waals surface area (Å²) in [4.78, 5) is 15.9. The Bertz CT molecular complexity index is 610. The summed E-state index contributed by atoms with van der Waals surface area (Å²) in [6, 6.07) is 5.08. The number of carbonyl (C=O) groups excluding carboxylic acids is 1. The van der Waals surface area contributed by atoms with Crippen molar-refractivity contribution in [2.75, 3.05) is 14.2 Å². The highest BCUT2D eigenvalue weighted by molar-refractivity contribution is 7.09. The zero-order chi connectivity index (χ0) is 14.5. The monoisotopic (exact) mass is 292 g/mol. The average molecular weight is 292 g/mol. The Labute approximate surface area is 121 Å². The molecule has 2 aromatic rings. The third-order valence-corrected chi connectivity index (χ3v) is 3.52. The van der Waals surface area contributed by atoms with Crippen LogP contribution in [0.3, 0.4) is 0 Å². The molecule has 6 heteroatoms. The first-order valence-corrected chi connectivity index (χ1v) is 6.96. The molecule has 1 amide bonds. The predicted octanol–water partition coefficient (Wildman–Crippen LogP) is 2.40. The lowest BCUT2D eigenvalue weighted by Gasteiger charge is -2.11. The number of ether oxygens (including phenoxy) is 2. The van der Waals surface area contributed by atoms with Gasteiger partial charge in [0.05, 0.1) is 17.8 Å². The van der Waals surface area contributed by atoms with Crippen LogP contribution >= 0.6 is 11.3 Å². The topological polar surface area (TPSA) is 60.5 Å². The standard InChI is InChI=1S/C14H16N2O3S/c1-9-16-11(8-20-9)7-19-12-5-4-10(14(17)15-2)6-13(12)18-3/h4-6,8H,7H2,1-3H3,(H,15,17). The Morgan fingerprint density at radius 3 is 2.80 bits per heavy atom. The Morgan fingerprint density at radius 1 is 1.40 bits per heavy atom. The van der Waals surface area contributed by atoms with Crippen LogP contribution < -0.4 is 14.8 Å². The van der Waals surface area contributed by atoms with Gasteiger partial charge >= 0.3 is 0 Å². The molecule has 2 rings (SSSR count). The van der Waals surface area contributed by atoms with E-state index >= 15 is 0 Å². The maximum atomic E-state index is 11.6. The van der Waals surface area contributed by atoms with E-state index in [2.05, 4.69) is 10.3 Å². The number of thiazole rings is 1. The van der Waals surface area contributed by atoms with Crippen LogP contribution in [-0.4, -0.2) is 25.0 Å². The normalized spacial score (nSPS) is 10.2. The van der Waals surface area contributed by atoms with Gasteiger partial charge in [-0.25, -0.2) is 4.98 Å². The predicted molar refractivity (Wildman–Crippen MR) is 77.6 cm³/mol. The van der Waals surface area contributed by atoms with Gasteiger partial charge in [-0.3, -0.25) is 4.79 Å². The second kappa shape index (κ2) is 6.38. The lowest BCUT2D eigenvalue weighted by molar-refractivity contribution is 0.0962. The molecular weight excluding hydrogens is 276 g/mol. The van der Waals surface area contributed by atoms with Crippen LogP contribution in [0.5, 0.6) is 11.5 Å². The maximum Gasteiger partial charge on any atom is 0.251 e. The summed E-state index contributed by atoms with van der Waals surface area (Å²) in [5.74, 6) is 0.953. The fourth-order valence-corrected chi connectivity index (χ4v) is 2.30. The van der Waals surface area contributed by atoms with Gasteiger partial charge in [0.15, 0.2) is 11.5 Å². The van der Waals surface area contributed by atoms with E-state index in [1.807, 2.05) is 12.3 Å². The summed E-state index contributed by atoms with van der Waals surface area (Å²) in [5.41, 5.74) is 1.41. The lowest BCUT2D eigenvalue weighted by atomic mass is 10.2. The van der Waals surface area contributed by atoms with E-state index in [1.54, 1.807) is 43.7 Å². The Kier molecular flexibility index (Phi) is 4.57. The number of aromatic nitrogens is 1. The highest BCUT2D eigenvalue weighted by Crippen LogP contribution is 2.28. The third-order valence-electron chi connectivity index (χ3n) is 2.70. The number of nitrogens with zero attached hydrogens (tertiary/aromatic N) is 1. The Balaban J connectivity index is 2.13. The summed E-state index contributed by atoms with van der Waals surface area (Å²) in [6.45, 7) is 2.33. The first-order chi connectivity index (χ1) is 9.63. The number of rotatable bonds is 5. The summed E-state index contributed by atoms with van der Waals surface area (Å²) in [5, 5.41) is 5.53. The van der Waals surface area contributed by atoms with Crippen molar-refractivity contribution in [3.8, 4) is 11.5 Å². The number of hydrogen-bond donors (Lipinski definition) is 1. The van der Waals surface area contributed by atoms with E-state index in [9.17, 15) is 4.79 Å². The number of nitrogens with one attached hydrogen (secondary N) is 1. The summed E-state index contributed by atoms with van der Waals surface area (Å²) < 4.78 is 10.9. The zero-order valence-corrected chi connectivity index (χ0v) is 12.4. The van der Waals surface area contributed by atoms with E-state index in [-0.39, 0.29) is 5.91 Å². The average Bonchev–Trinajstić information content (AvgIpc) is 2.89. The van der Waals surface area contributed by atoms with Crippen molar-refractivity contribution in [2.45, 2.75) is 13.5 Å². The lowest BCUT2D eigenvalue weighted by Crippen LogP contribution is -2.17. The molecule has 106 valence electrons. The molecule has 1 aromatic carbocycles. The van der Waals surface area contributed by atoms with Gasteiger partial charge in [-0.2, -0.15) is 0 Å². The molecule has 0 unspecified atom stereocenters. The molecule has 20 heavy (non-hydrogen) atoms. The molecule has 0 aliphatic rings. The van der Waals surface area contributed by atoms with Crippen LogP contribution in [0.4, 0.5) is 0 Å². The molecular formula is C14H16N2O3S. The highest BCUT2D eigenvalue weighted by Gasteiger charge is 2.10. The van der Waals surface area contributed by atoms with Gasteiger partial charge in [0, 0.05) is 18.0 Å². The van der Waals surface area contributed by atoms with Crippen LogP contribution in [0.25, 0.3) is 0 Å². The quantitative estimate of drug-likeness (QED) is 0.919. The van der Waals surface area contributed by atoms with Crippen LogP contribution in [0, 0.1) is 6.92 Å². The minimum atomic E-state index is -0.162. The largest absolute Gasteiger partial charge is 0.493 e. The second-order valence-electron chi connectivity index (χ2n) is 4.09. The summed E-state index contributed by atoms with van der Waals surface area (Å²) in [7, 11) is 3.13. The SMILES string of the molecule is CNC(=O)c1ccc(OCc2csc(C)n2)c(OC)c1. The summed E-state index contributed by atoms with van der Waals surface area (Å²) >= 11 is 1.58. The maximum absolute atomic E-state index is 11.6. The minimum absolute atomic E-state index is 0.162. The van der Waals surface area contributed by atoms with Crippen LogP contribution in [0.2, 0.25) is 0 Å². The van der Waals surface area contributed by atoms with Crippen molar-refractivity contribution in [1.29, 1.82) is 0 Å². The molecule has 0 bridgehead atoms. The third kappa shape index (κ3) is 3.27. The van der Waals surface area contributed by atoms with E-state index in [0.29, 0.717) is 23.7 Å². The number of methoxy groups -OCH3 is 1. The number of benzene rings is 1. The van der Waals surface area contributed by atoms with Gasteiger partial charge in [-0.05, 0) is 25.1 Å². The Morgan fingerprint density at radius 2 is 2.20 bits per heavy atom. The fraction of sp³-hybridized carbons (Fsp3) is 0.286. The van der Waals surface area contributed by atoms with Crippen LogP contribution in [-0.2, 0) is 6.61 Å². The van der Waals surface area contributed by atoms with Crippen molar-refractivity contribution >= 4 is 17.2 Å². The molecule has 0 radical (unpaired) electrons. The van der Waals surface area contributed by atoms with Gasteiger partial charge in [0.1, 0.15) is 6.61 Å². The summed E-state index contributed by atoms with van der Waals surface area (Å²) in [6.07, 6.45) is 0. The molecule has 1 aromatic heterocycles. The molecule has 0 aliphatic carbocycles. The zero-order valence-electron chi connectivity index (χ0n) is 11.6. The van der Waals surface area contributed by atoms with Crippen LogP contribution in [0.1, 0.15) is 21.1 Å². The highest BCUT2D eigenvalue weighted by atomic mass is 32.1.